The van der Waals surface area contributed by atoms with E-state index in [9.17, 15) is 4.79 Å². The lowest BCUT2D eigenvalue weighted by atomic mass is 9.80. The van der Waals surface area contributed by atoms with Crippen molar-refractivity contribution >= 4 is 11.7 Å². The summed E-state index contributed by atoms with van der Waals surface area (Å²) in [6.45, 7) is 2.08. The lowest BCUT2D eigenvalue weighted by molar-refractivity contribution is 0.0913. The smallest absolute Gasteiger partial charge is 0.256 e. The van der Waals surface area contributed by atoms with Crippen LogP contribution in [0.1, 0.15) is 68.1 Å². The maximum Gasteiger partial charge on any atom is 0.256 e. The van der Waals surface area contributed by atoms with E-state index in [0.717, 1.165) is 42.2 Å². The molecule has 0 radical (unpaired) electrons. The molecule has 5 rings (SSSR count). The van der Waals surface area contributed by atoms with Crippen molar-refractivity contribution in [1.82, 2.24) is 15.1 Å². The van der Waals surface area contributed by atoms with Crippen LogP contribution in [0.25, 0.3) is 0 Å². The Kier molecular flexibility index (Phi) is 4.21. The highest BCUT2D eigenvalue weighted by atomic mass is 16.1. The number of carbonyl (C=O) groups is 1. The fourth-order valence-corrected chi connectivity index (χ4v) is 6.59. The van der Waals surface area contributed by atoms with E-state index >= 15 is 0 Å². The van der Waals surface area contributed by atoms with Gasteiger partial charge < -0.3 is 10.2 Å². The lowest BCUT2D eigenvalue weighted by Gasteiger charge is -2.30. The highest BCUT2D eigenvalue weighted by molar-refractivity contribution is 5.99. The highest BCUT2D eigenvalue weighted by Gasteiger charge is 2.46. The van der Waals surface area contributed by atoms with Gasteiger partial charge in [-0.1, -0.05) is 0 Å². The van der Waals surface area contributed by atoms with Gasteiger partial charge in [-0.05, 0) is 81.5 Å². The first-order valence-electron chi connectivity index (χ1n) is 10.8. The molecule has 5 nitrogen and oxygen atoms in total. The number of nitrogens with one attached hydrogen (secondary N) is 1. The average Bonchev–Trinajstić information content (AvgIpc) is 3.15. The Morgan fingerprint density at radius 2 is 1.88 bits per heavy atom. The summed E-state index contributed by atoms with van der Waals surface area (Å²) < 4.78 is 1.89. The lowest BCUT2D eigenvalue weighted by Crippen LogP contribution is -2.42. The summed E-state index contributed by atoms with van der Waals surface area (Å²) in [6.07, 6.45) is 13.6. The number of aryl methyl sites for hydroxylation is 1. The Balaban J connectivity index is 1.34. The van der Waals surface area contributed by atoms with Crippen LogP contribution in [0.4, 0.5) is 5.82 Å². The summed E-state index contributed by atoms with van der Waals surface area (Å²) in [5.74, 6) is 4.55. The quantitative estimate of drug-likeness (QED) is 0.903. The average molecular weight is 357 g/mol. The van der Waals surface area contributed by atoms with Crippen LogP contribution in [0.2, 0.25) is 0 Å². The molecule has 5 atom stereocenters. The fourth-order valence-electron chi connectivity index (χ4n) is 6.59. The monoisotopic (exact) mass is 356 g/mol. The summed E-state index contributed by atoms with van der Waals surface area (Å²) >= 11 is 0. The van der Waals surface area contributed by atoms with Gasteiger partial charge in [-0.3, -0.25) is 9.48 Å². The standard InChI is InChI=1S/C21H32N4O/c1-24-21(25-7-3-2-4-8-25)18(13-22-24)20(26)23-19-6-5-14-9-15-11-16(10-14)17(19)12-15/h13-17,19H,2-12H2,1H3,(H,23,26). The molecule has 1 N–H and O–H groups in total. The maximum absolute atomic E-state index is 13.2. The third kappa shape index (κ3) is 2.84. The van der Waals surface area contributed by atoms with Crippen molar-refractivity contribution in [2.24, 2.45) is 30.7 Å². The predicted molar refractivity (Wildman–Crippen MR) is 102 cm³/mol. The van der Waals surface area contributed by atoms with Gasteiger partial charge in [0.05, 0.1) is 6.20 Å². The fraction of sp³-hybridized carbons (Fsp3) is 0.810. The molecular weight excluding hydrogens is 324 g/mol. The summed E-state index contributed by atoms with van der Waals surface area (Å²) in [5, 5.41) is 7.89. The minimum Gasteiger partial charge on any atom is -0.356 e. The van der Waals surface area contributed by atoms with Crippen molar-refractivity contribution in [1.29, 1.82) is 0 Å². The van der Waals surface area contributed by atoms with Crippen LogP contribution in [-0.4, -0.2) is 34.8 Å². The second kappa shape index (κ2) is 6.58. The van der Waals surface area contributed by atoms with Crippen molar-refractivity contribution in [3.8, 4) is 0 Å². The first kappa shape index (κ1) is 16.6. The molecule has 1 amide bonds. The van der Waals surface area contributed by atoms with Crippen LogP contribution in [0, 0.1) is 23.7 Å². The summed E-state index contributed by atoms with van der Waals surface area (Å²) in [7, 11) is 1.97. The molecule has 0 aromatic carbocycles. The first-order chi connectivity index (χ1) is 12.7. The van der Waals surface area contributed by atoms with E-state index in [2.05, 4.69) is 15.3 Å². The van der Waals surface area contributed by atoms with Crippen LogP contribution >= 0.6 is 0 Å². The third-order valence-corrected chi connectivity index (χ3v) is 7.68. The second-order valence-electron chi connectivity index (χ2n) is 9.31. The molecule has 26 heavy (non-hydrogen) atoms. The topological polar surface area (TPSA) is 50.2 Å². The Labute approximate surface area is 156 Å². The molecule has 1 aliphatic heterocycles. The molecule has 3 saturated carbocycles. The van der Waals surface area contributed by atoms with E-state index in [-0.39, 0.29) is 5.91 Å². The molecule has 1 aromatic heterocycles. The number of aromatic nitrogens is 2. The molecule has 4 fully saturated rings. The summed E-state index contributed by atoms with van der Waals surface area (Å²) in [6, 6.07) is 0.372. The van der Waals surface area contributed by atoms with E-state index in [0.29, 0.717) is 12.0 Å². The van der Waals surface area contributed by atoms with Gasteiger partial charge in [0.25, 0.3) is 5.91 Å². The molecule has 5 unspecified atom stereocenters. The Morgan fingerprint density at radius 3 is 2.73 bits per heavy atom. The number of fused-ring (bicyclic) bond motifs is 2. The minimum atomic E-state index is 0.102. The maximum atomic E-state index is 13.2. The van der Waals surface area contributed by atoms with Crippen molar-refractivity contribution in [3.63, 3.8) is 0 Å². The number of anilines is 1. The number of nitrogens with zero attached hydrogens (tertiary/aromatic N) is 3. The van der Waals surface area contributed by atoms with Gasteiger partial charge >= 0.3 is 0 Å². The number of rotatable bonds is 3. The predicted octanol–water partition coefficient (Wildman–Crippen LogP) is 3.36. The van der Waals surface area contributed by atoms with E-state index in [4.69, 9.17) is 0 Å². The zero-order valence-electron chi connectivity index (χ0n) is 16.0. The molecule has 142 valence electrons. The number of hydrogen-bond acceptors (Lipinski definition) is 3. The first-order valence-corrected chi connectivity index (χ1v) is 10.8. The molecule has 4 aliphatic rings. The van der Waals surface area contributed by atoms with Crippen LogP contribution < -0.4 is 10.2 Å². The normalized spacial score (nSPS) is 36.2. The number of amides is 1. The molecule has 2 heterocycles. The van der Waals surface area contributed by atoms with E-state index in [1.165, 1.54) is 57.8 Å². The van der Waals surface area contributed by atoms with E-state index in [1.54, 1.807) is 6.20 Å². The van der Waals surface area contributed by atoms with Crippen LogP contribution in [-0.2, 0) is 7.05 Å². The van der Waals surface area contributed by atoms with Crippen LogP contribution in [0.5, 0.6) is 0 Å². The molecule has 1 aromatic rings. The summed E-state index contributed by atoms with van der Waals surface area (Å²) in [5.41, 5.74) is 0.776. The van der Waals surface area contributed by atoms with Gasteiger partial charge in [-0.15, -0.1) is 0 Å². The summed E-state index contributed by atoms with van der Waals surface area (Å²) in [4.78, 5) is 15.5. The number of carbonyl (C=O) groups excluding carboxylic acids is 1. The van der Waals surface area contributed by atoms with Gasteiger partial charge in [0.1, 0.15) is 11.4 Å². The van der Waals surface area contributed by atoms with Gasteiger partial charge in [0.15, 0.2) is 0 Å². The van der Waals surface area contributed by atoms with Crippen LogP contribution in [0.15, 0.2) is 6.20 Å². The molecule has 3 bridgehead atoms. The SMILES string of the molecule is Cn1ncc(C(=O)NC2CCC3CC4CC(C3)C2C4)c1N1CCCCC1. The second-order valence-corrected chi connectivity index (χ2v) is 9.31. The van der Waals surface area contributed by atoms with Gasteiger partial charge in [0, 0.05) is 26.2 Å². The Bertz CT molecular complexity index is 678. The van der Waals surface area contributed by atoms with Gasteiger partial charge in [-0.25, -0.2) is 0 Å². The number of piperidine rings is 1. The molecule has 0 spiro atoms. The zero-order valence-corrected chi connectivity index (χ0v) is 16.0. The van der Waals surface area contributed by atoms with Gasteiger partial charge in [-0.2, -0.15) is 5.10 Å². The van der Waals surface area contributed by atoms with Crippen molar-refractivity contribution in [2.75, 3.05) is 18.0 Å². The molecular formula is C21H32N4O. The van der Waals surface area contributed by atoms with Crippen molar-refractivity contribution in [2.45, 2.75) is 63.8 Å². The minimum absolute atomic E-state index is 0.102. The zero-order chi connectivity index (χ0) is 17.7. The largest absolute Gasteiger partial charge is 0.356 e. The molecule has 3 aliphatic carbocycles. The van der Waals surface area contributed by atoms with E-state index < -0.39 is 0 Å². The third-order valence-electron chi connectivity index (χ3n) is 7.68. The molecule has 5 heteroatoms. The van der Waals surface area contributed by atoms with Crippen LogP contribution in [0.3, 0.4) is 0 Å². The number of hydrogen-bond donors (Lipinski definition) is 1. The Morgan fingerprint density at radius 1 is 1.08 bits per heavy atom. The van der Waals surface area contributed by atoms with Gasteiger partial charge in [0.2, 0.25) is 0 Å². The van der Waals surface area contributed by atoms with E-state index in [1.807, 2.05) is 11.7 Å². The highest BCUT2D eigenvalue weighted by Crippen LogP contribution is 2.53. The Hall–Kier alpha value is -1.52. The molecule has 1 saturated heterocycles. The van der Waals surface area contributed by atoms with Crippen molar-refractivity contribution < 1.29 is 4.79 Å². The van der Waals surface area contributed by atoms with Crippen molar-refractivity contribution in [3.05, 3.63) is 11.8 Å².